The van der Waals surface area contributed by atoms with Crippen molar-refractivity contribution >= 4 is 5.91 Å². The highest BCUT2D eigenvalue weighted by atomic mass is 16.2. The number of nitrogens with two attached hydrogens (primary N) is 1. The molecule has 0 fully saturated rings. The summed E-state index contributed by atoms with van der Waals surface area (Å²) in [6.45, 7) is 6.12. The molecule has 0 saturated carbocycles. The fourth-order valence-electron chi connectivity index (χ4n) is 1.45. The number of rotatable bonds is 5. The normalized spacial score (nSPS) is 13.1. The molecule has 0 saturated heterocycles. The van der Waals surface area contributed by atoms with Gasteiger partial charge in [0.25, 0.3) is 0 Å². The lowest BCUT2D eigenvalue weighted by molar-refractivity contribution is -0.133. The number of carbonyl (C=O) groups excluding carboxylic acids is 1. The minimum Gasteiger partial charge on any atom is -0.341 e. The van der Waals surface area contributed by atoms with Crippen molar-refractivity contribution in [3.05, 3.63) is 0 Å². The SMILES string of the molecule is CCC(N)C(=O)N(C)C(CC)CC. The molecule has 0 aliphatic rings. The predicted octanol–water partition coefficient (Wildman–Crippen LogP) is 1.37. The zero-order chi connectivity index (χ0) is 10.4. The Kier molecular flexibility index (Phi) is 5.71. The second-order valence-electron chi connectivity index (χ2n) is 3.43. The molecule has 0 aromatic rings. The van der Waals surface area contributed by atoms with Crippen LogP contribution in [0, 0.1) is 0 Å². The highest BCUT2D eigenvalue weighted by molar-refractivity contribution is 5.81. The van der Waals surface area contributed by atoms with Gasteiger partial charge in [0.2, 0.25) is 5.91 Å². The summed E-state index contributed by atoms with van der Waals surface area (Å²) < 4.78 is 0. The molecule has 13 heavy (non-hydrogen) atoms. The first-order valence-electron chi connectivity index (χ1n) is 5.10. The van der Waals surface area contributed by atoms with Gasteiger partial charge >= 0.3 is 0 Å². The van der Waals surface area contributed by atoms with E-state index in [0.717, 1.165) is 12.8 Å². The van der Waals surface area contributed by atoms with Crippen molar-refractivity contribution in [2.75, 3.05) is 7.05 Å². The molecule has 1 atom stereocenters. The van der Waals surface area contributed by atoms with Crippen LogP contribution in [-0.2, 0) is 4.79 Å². The molecule has 0 aromatic carbocycles. The van der Waals surface area contributed by atoms with Crippen molar-refractivity contribution in [2.45, 2.75) is 52.1 Å². The summed E-state index contributed by atoms with van der Waals surface area (Å²) in [7, 11) is 1.84. The van der Waals surface area contributed by atoms with Crippen LogP contribution in [0.2, 0.25) is 0 Å². The van der Waals surface area contributed by atoms with Gasteiger partial charge < -0.3 is 10.6 Å². The third-order valence-electron chi connectivity index (χ3n) is 2.59. The Morgan fingerprint density at radius 2 is 1.69 bits per heavy atom. The minimum atomic E-state index is -0.328. The molecule has 0 rings (SSSR count). The second-order valence-corrected chi connectivity index (χ2v) is 3.43. The van der Waals surface area contributed by atoms with Crippen molar-refractivity contribution < 1.29 is 4.79 Å². The van der Waals surface area contributed by atoms with Gasteiger partial charge in [0.15, 0.2) is 0 Å². The summed E-state index contributed by atoms with van der Waals surface area (Å²) >= 11 is 0. The molecule has 3 heteroatoms. The van der Waals surface area contributed by atoms with E-state index in [0.29, 0.717) is 12.5 Å². The first kappa shape index (κ1) is 12.4. The maximum atomic E-state index is 11.6. The average Bonchev–Trinajstić information content (AvgIpc) is 2.17. The van der Waals surface area contributed by atoms with Gasteiger partial charge in [-0.1, -0.05) is 20.8 Å². The fraction of sp³-hybridized carbons (Fsp3) is 0.900. The highest BCUT2D eigenvalue weighted by Crippen LogP contribution is 2.07. The van der Waals surface area contributed by atoms with Gasteiger partial charge in [-0.15, -0.1) is 0 Å². The van der Waals surface area contributed by atoms with Gasteiger partial charge in [-0.05, 0) is 19.3 Å². The average molecular weight is 186 g/mol. The molecular weight excluding hydrogens is 164 g/mol. The van der Waals surface area contributed by atoms with Crippen LogP contribution in [0.3, 0.4) is 0 Å². The van der Waals surface area contributed by atoms with Crippen molar-refractivity contribution in [2.24, 2.45) is 5.73 Å². The van der Waals surface area contributed by atoms with Crippen LogP contribution < -0.4 is 5.73 Å². The molecule has 78 valence electrons. The topological polar surface area (TPSA) is 46.3 Å². The van der Waals surface area contributed by atoms with Gasteiger partial charge in [-0.25, -0.2) is 0 Å². The smallest absolute Gasteiger partial charge is 0.239 e. The maximum Gasteiger partial charge on any atom is 0.239 e. The van der Waals surface area contributed by atoms with E-state index in [4.69, 9.17) is 5.73 Å². The molecule has 1 amide bonds. The quantitative estimate of drug-likeness (QED) is 0.705. The van der Waals surface area contributed by atoms with E-state index < -0.39 is 0 Å². The van der Waals surface area contributed by atoms with Crippen molar-refractivity contribution in [3.8, 4) is 0 Å². The summed E-state index contributed by atoms with van der Waals surface area (Å²) in [6, 6.07) is 0.00991. The van der Waals surface area contributed by atoms with E-state index in [-0.39, 0.29) is 11.9 Å². The van der Waals surface area contributed by atoms with E-state index in [9.17, 15) is 4.79 Å². The first-order chi connectivity index (χ1) is 6.08. The molecule has 0 heterocycles. The highest BCUT2D eigenvalue weighted by Gasteiger charge is 2.20. The molecule has 0 spiro atoms. The third kappa shape index (κ3) is 3.35. The van der Waals surface area contributed by atoms with Gasteiger partial charge in [0.05, 0.1) is 6.04 Å². The van der Waals surface area contributed by atoms with Gasteiger partial charge in [0.1, 0.15) is 0 Å². The Labute approximate surface area is 81.3 Å². The predicted molar refractivity (Wildman–Crippen MR) is 55.4 cm³/mol. The van der Waals surface area contributed by atoms with E-state index in [1.54, 1.807) is 4.90 Å². The number of hydrogen-bond donors (Lipinski definition) is 1. The molecule has 0 aliphatic carbocycles. The maximum absolute atomic E-state index is 11.6. The number of nitrogens with zero attached hydrogens (tertiary/aromatic N) is 1. The number of hydrogen-bond acceptors (Lipinski definition) is 2. The van der Waals surface area contributed by atoms with E-state index >= 15 is 0 Å². The van der Waals surface area contributed by atoms with Crippen LogP contribution in [0.15, 0.2) is 0 Å². The van der Waals surface area contributed by atoms with E-state index in [2.05, 4.69) is 13.8 Å². The Morgan fingerprint density at radius 1 is 1.23 bits per heavy atom. The standard InChI is InChI=1S/C10H22N2O/c1-5-8(6-2)12(4)10(13)9(11)7-3/h8-9H,5-7,11H2,1-4H3. The number of amides is 1. The summed E-state index contributed by atoms with van der Waals surface area (Å²) in [5, 5.41) is 0. The first-order valence-corrected chi connectivity index (χ1v) is 5.10. The second kappa shape index (κ2) is 5.97. The Morgan fingerprint density at radius 3 is 2.00 bits per heavy atom. The summed E-state index contributed by atoms with van der Waals surface area (Å²) in [4.78, 5) is 13.4. The van der Waals surface area contributed by atoms with Crippen LogP contribution in [0.4, 0.5) is 0 Å². The molecule has 0 aromatic heterocycles. The lowest BCUT2D eigenvalue weighted by atomic mass is 10.1. The minimum absolute atomic E-state index is 0.0659. The van der Waals surface area contributed by atoms with Gasteiger partial charge in [-0.2, -0.15) is 0 Å². The lowest BCUT2D eigenvalue weighted by Crippen LogP contribution is -2.45. The van der Waals surface area contributed by atoms with Gasteiger partial charge in [-0.3, -0.25) is 4.79 Å². The van der Waals surface area contributed by atoms with Crippen molar-refractivity contribution in [1.29, 1.82) is 0 Å². The molecule has 1 unspecified atom stereocenters. The molecule has 3 nitrogen and oxygen atoms in total. The number of likely N-dealkylation sites (N-methyl/N-ethyl adjacent to an activating group) is 1. The van der Waals surface area contributed by atoms with Crippen molar-refractivity contribution in [3.63, 3.8) is 0 Å². The Hall–Kier alpha value is -0.570. The zero-order valence-corrected chi connectivity index (χ0v) is 9.21. The van der Waals surface area contributed by atoms with Gasteiger partial charge in [0, 0.05) is 13.1 Å². The molecule has 0 aliphatic heterocycles. The van der Waals surface area contributed by atoms with Crippen LogP contribution in [0.25, 0.3) is 0 Å². The van der Waals surface area contributed by atoms with Crippen molar-refractivity contribution in [1.82, 2.24) is 4.90 Å². The zero-order valence-electron chi connectivity index (χ0n) is 9.21. The summed E-state index contributed by atoms with van der Waals surface area (Å²) in [6.07, 6.45) is 2.70. The summed E-state index contributed by atoms with van der Waals surface area (Å²) in [5.41, 5.74) is 5.67. The monoisotopic (exact) mass is 186 g/mol. The fourth-order valence-corrected chi connectivity index (χ4v) is 1.45. The molecule has 2 N–H and O–H groups in total. The summed E-state index contributed by atoms with van der Waals surface area (Å²) in [5.74, 6) is 0.0659. The molecule has 0 radical (unpaired) electrons. The van der Waals surface area contributed by atoms with Crippen LogP contribution in [0.5, 0.6) is 0 Å². The molecule has 0 bridgehead atoms. The third-order valence-corrected chi connectivity index (χ3v) is 2.59. The Balaban J connectivity index is 4.22. The largest absolute Gasteiger partial charge is 0.341 e. The number of carbonyl (C=O) groups is 1. The Bertz CT molecular complexity index is 155. The van der Waals surface area contributed by atoms with E-state index in [1.807, 2.05) is 14.0 Å². The van der Waals surface area contributed by atoms with Crippen LogP contribution in [0.1, 0.15) is 40.0 Å². The van der Waals surface area contributed by atoms with Crippen LogP contribution >= 0.6 is 0 Å². The molecular formula is C10H22N2O. The lowest BCUT2D eigenvalue weighted by Gasteiger charge is -2.28. The van der Waals surface area contributed by atoms with Crippen LogP contribution in [-0.4, -0.2) is 29.9 Å². The van der Waals surface area contributed by atoms with E-state index in [1.165, 1.54) is 0 Å².